The van der Waals surface area contributed by atoms with Gasteiger partial charge in [0.25, 0.3) is 5.91 Å². The van der Waals surface area contributed by atoms with E-state index in [1.807, 2.05) is 32.9 Å². The van der Waals surface area contributed by atoms with Crippen LogP contribution >= 0.6 is 0 Å². The van der Waals surface area contributed by atoms with Crippen molar-refractivity contribution in [3.63, 3.8) is 0 Å². The topological polar surface area (TPSA) is 142 Å². The summed E-state index contributed by atoms with van der Waals surface area (Å²) >= 11 is 0. The quantitative estimate of drug-likeness (QED) is 0.516. The molecule has 1 fully saturated rings. The van der Waals surface area contributed by atoms with E-state index in [1.165, 1.54) is 0 Å². The normalized spacial score (nSPS) is 15.5. The maximum absolute atomic E-state index is 12.7. The van der Waals surface area contributed by atoms with Gasteiger partial charge >= 0.3 is 0 Å². The maximum Gasteiger partial charge on any atom is 0.254 e. The Morgan fingerprint density at radius 1 is 1.19 bits per heavy atom. The molecule has 2 aromatic heterocycles. The summed E-state index contributed by atoms with van der Waals surface area (Å²) in [4.78, 5) is 24.7. The van der Waals surface area contributed by atoms with E-state index in [1.54, 1.807) is 22.9 Å². The molecule has 32 heavy (non-hydrogen) atoms. The minimum absolute atomic E-state index is 0.0241. The molecule has 3 aromatic rings. The number of nitrogens with one attached hydrogen (secondary N) is 1. The maximum atomic E-state index is 12.7. The van der Waals surface area contributed by atoms with Gasteiger partial charge in [-0.2, -0.15) is 5.10 Å². The first-order valence-electron chi connectivity index (χ1n) is 10.7. The first kappa shape index (κ1) is 21.6. The molecule has 0 saturated heterocycles. The number of rotatable bonds is 7. The highest BCUT2D eigenvalue weighted by Crippen LogP contribution is 2.47. The first-order valence-corrected chi connectivity index (χ1v) is 10.7. The van der Waals surface area contributed by atoms with Crippen molar-refractivity contribution in [2.75, 3.05) is 11.1 Å². The van der Waals surface area contributed by atoms with E-state index in [4.69, 9.17) is 16.0 Å². The lowest BCUT2D eigenvalue weighted by atomic mass is 9.97. The van der Waals surface area contributed by atoms with E-state index in [0.717, 1.165) is 24.1 Å². The minimum Gasteiger partial charge on any atom is -0.383 e. The minimum atomic E-state index is -0.632. The molecule has 9 nitrogen and oxygen atoms in total. The second-order valence-electron chi connectivity index (χ2n) is 8.98. The van der Waals surface area contributed by atoms with Crippen molar-refractivity contribution in [3.8, 4) is 11.3 Å². The van der Waals surface area contributed by atoms with Gasteiger partial charge in [-0.1, -0.05) is 36.3 Å². The molecular weight excluding hydrogens is 408 g/mol. The van der Waals surface area contributed by atoms with Crippen LogP contribution < -0.4 is 16.8 Å². The lowest BCUT2D eigenvalue weighted by molar-refractivity contribution is -0.117. The largest absolute Gasteiger partial charge is 0.383 e. The number of carbonyl (C=O) groups is 2. The van der Waals surface area contributed by atoms with E-state index in [2.05, 4.69) is 22.5 Å². The van der Waals surface area contributed by atoms with Crippen LogP contribution in [0.25, 0.3) is 11.3 Å². The molecule has 0 bridgehead atoms. The Kier molecular flexibility index (Phi) is 5.28. The number of anilines is 2. The molecule has 4 rings (SSSR count). The standard InChI is InChI=1S/C23H28N6O3/c1-12(2)29-20(24)18(21(25)30)19(27-29)15-7-5-14(6-8-15)13(3)22(31)26-17-11-16(28-32-17)23(4)9-10-23/h5-8,11-13H,9-10,24H2,1-4H3,(H2,25,30)(H,26,31). The summed E-state index contributed by atoms with van der Waals surface area (Å²) < 4.78 is 6.86. The molecule has 5 N–H and O–H groups in total. The van der Waals surface area contributed by atoms with Crippen LogP contribution in [-0.4, -0.2) is 26.8 Å². The average molecular weight is 437 g/mol. The summed E-state index contributed by atoms with van der Waals surface area (Å²) in [5.74, 6) is -0.670. The van der Waals surface area contributed by atoms with Crippen molar-refractivity contribution in [2.45, 2.75) is 57.9 Å². The Morgan fingerprint density at radius 2 is 1.84 bits per heavy atom. The van der Waals surface area contributed by atoms with Crippen LogP contribution in [0.1, 0.15) is 74.1 Å². The molecule has 0 radical (unpaired) electrons. The van der Waals surface area contributed by atoms with E-state index >= 15 is 0 Å². The Balaban J connectivity index is 1.52. The lowest BCUT2D eigenvalue weighted by Gasteiger charge is -2.11. The van der Waals surface area contributed by atoms with Crippen LogP contribution in [0.2, 0.25) is 0 Å². The summed E-state index contributed by atoms with van der Waals surface area (Å²) in [5.41, 5.74) is 14.7. The SMILES string of the molecule is CC(C(=O)Nc1cc(C2(C)CC2)no1)c1ccc(-c2nn(C(C)C)c(N)c2C(N)=O)cc1. The molecule has 1 saturated carbocycles. The number of hydrogen-bond donors (Lipinski definition) is 3. The molecule has 1 aliphatic rings. The molecule has 1 aliphatic carbocycles. The van der Waals surface area contributed by atoms with E-state index in [0.29, 0.717) is 17.1 Å². The molecule has 1 unspecified atom stereocenters. The molecule has 168 valence electrons. The van der Waals surface area contributed by atoms with Gasteiger partial charge < -0.3 is 16.0 Å². The number of benzene rings is 1. The number of hydrogen-bond acceptors (Lipinski definition) is 6. The number of nitrogens with zero attached hydrogens (tertiary/aromatic N) is 3. The van der Waals surface area contributed by atoms with Crippen molar-refractivity contribution in [2.24, 2.45) is 5.73 Å². The number of nitrogen functional groups attached to an aromatic ring is 1. The van der Waals surface area contributed by atoms with Gasteiger partial charge in [0.05, 0.1) is 11.6 Å². The Morgan fingerprint density at radius 3 is 2.41 bits per heavy atom. The van der Waals surface area contributed by atoms with Gasteiger partial charge in [0.15, 0.2) is 0 Å². The molecule has 1 atom stereocenters. The number of nitrogens with two attached hydrogens (primary N) is 2. The Hall–Kier alpha value is -3.62. The third-order valence-electron chi connectivity index (χ3n) is 6.14. The van der Waals surface area contributed by atoms with Gasteiger partial charge in [-0.05, 0) is 39.2 Å². The molecule has 0 aliphatic heterocycles. The number of primary amides is 1. The molecular formula is C23H28N6O3. The molecule has 9 heteroatoms. The van der Waals surface area contributed by atoms with E-state index in [9.17, 15) is 9.59 Å². The highest BCUT2D eigenvalue weighted by molar-refractivity contribution is 6.03. The van der Waals surface area contributed by atoms with Gasteiger partial charge in [0.1, 0.15) is 17.1 Å². The van der Waals surface area contributed by atoms with Crippen LogP contribution in [0.3, 0.4) is 0 Å². The summed E-state index contributed by atoms with van der Waals surface area (Å²) in [6.45, 7) is 7.78. The van der Waals surface area contributed by atoms with Gasteiger partial charge in [0, 0.05) is 23.1 Å². The fraction of sp³-hybridized carbons (Fsp3) is 0.391. The summed E-state index contributed by atoms with van der Waals surface area (Å²) in [7, 11) is 0. The monoisotopic (exact) mass is 436 g/mol. The highest BCUT2D eigenvalue weighted by Gasteiger charge is 2.42. The Labute approximate surface area is 186 Å². The average Bonchev–Trinajstić information content (AvgIpc) is 3.17. The van der Waals surface area contributed by atoms with E-state index < -0.39 is 11.8 Å². The van der Waals surface area contributed by atoms with Gasteiger partial charge in [0.2, 0.25) is 11.8 Å². The second-order valence-corrected chi connectivity index (χ2v) is 8.98. The third kappa shape index (κ3) is 3.86. The second kappa shape index (κ2) is 7.81. The van der Waals surface area contributed by atoms with Crippen LogP contribution in [0.5, 0.6) is 0 Å². The predicted octanol–water partition coefficient (Wildman–Crippen LogP) is 3.59. The van der Waals surface area contributed by atoms with E-state index in [-0.39, 0.29) is 28.7 Å². The van der Waals surface area contributed by atoms with Crippen molar-refractivity contribution < 1.29 is 14.1 Å². The van der Waals surface area contributed by atoms with Crippen molar-refractivity contribution >= 4 is 23.5 Å². The lowest BCUT2D eigenvalue weighted by Crippen LogP contribution is -2.18. The van der Waals surface area contributed by atoms with Crippen LogP contribution in [0.15, 0.2) is 34.9 Å². The summed E-state index contributed by atoms with van der Waals surface area (Å²) in [6.07, 6.45) is 2.16. The highest BCUT2D eigenvalue weighted by atomic mass is 16.5. The van der Waals surface area contributed by atoms with Gasteiger partial charge in [-0.3, -0.25) is 14.9 Å². The molecule has 2 heterocycles. The van der Waals surface area contributed by atoms with Crippen LogP contribution in [0, 0.1) is 0 Å². The first-order chi connectivity index (χ1) is 15.1. The third-order valence-corrected chi connectivity index (χ3v) is 6.14. The van der Waals surface area contributed by atoms with Gasteiger partial charge in [-0.15, -0.1) is 0 Å². The molecule has 2 amide bonds. The zero-order valence-electron chi connectivity index (χ0n) is 18.7. The number of carbonyl (C=O) groups excluding carboxylic acids is 2. The van der Waals surface area contributed by atoms with Crippen molar-refractivity contribution in [1.82, 2.24) is 14.9 Å². The smallest absolute Gasteiger partial charge is 0.254 e. The predicted molar refractivity (Wildman–Crippen MR) is 121 cm³/mol. The van der Waals surface area contributed by atoms with Crippen LogP contribution in [0.4, 0.5) is 11.7 Å². The van der Waals surface area contributed by atoms with Gasteiger partial charge in [-0.25, -0.2) is 4.68 Å². The molecule has 1 aromatic carbocycles. The fourth-order valence-corrected chi connectivity index (χ4v) is 3.66. The number of amides is 2. The molecule has 0 spiro atoms. The fourth-order valence-electron chi connectivity index (χ4n) is 3.66. The van der Waals surface area contributed by atoms with Crippen molar-refractivity contribution in [3.05, 3.63) is 47.2 Å². The van der Waals surface area contributed by atoms with Crippen LogP contribution in [-0.2, 0) is 10.2 Å². The number of aromatic nitrogens is 3. The zero-order chi connectivity index (χ0) is 23.2. The van der Waals surface area contributed by atoms with Crippen molar-refractivity contribution in [1.29, 1.82) is 0 Å². The Bertz CT molecular complexity index is 1170. The zero-order valence-corrected chi connectivity index (χ0v) is 18.7. The summed E-state index contributed by atoms with van der Waals surface area (Å²) in [6, 6.07) is 9.03. The summed E-state index contributed by atoms with van der Waals surface area (Å²) in [5, 5.41) is 11.4.